The molecule has 16 heavy (non-hydrogen) atoms. The smallest absolute Gasteiger partial charge is 0.137 e. The molecule has 0 fully saturated rings. The van der Waals surface area contributed by atoms with E-state index in [0.717, 1.165) is 30.9 Å². The topological polar surface area (TPSA) is 48.1 Å². The molecule has 0 amide bonds. The normalized spacial score (nSPS) is 12.4. The van der Waals surface area contributed by atoms with Gasteiger partial charge < -0.3 is 10.5 Å². The second kappa shape index (κ2) is 7.23. The summed E-state index contributed by atoms with van der Waals surface area (Å²) in [5, 5.41) is 0. The van der Waals surface area contributed by atoms with Crippen LogP contribution < -0.4 is 10.5 Å². The lowest BCUT2D eigenvalue weighted by molar-refractivity contribution is 0.305. The van der Waals surface area contributed by atoms with Crippen LogP contribution in [0.1, 0.15) is 51.3 Å². The standard InChI is InChI=1S/C13H22N2O/c1-3-5-6-9-16-11-7-8-13(15-10-11)12(14)4-2/h7-8,10,12H,3-6,9,14H2,1-2H3/t12-/m1/s1. The average molecular weight is 222 g/mol. The Labute approximate surface area is 98.0 Å². The van der Waals surface area contributed by atoms with E-state index in [0.29, 0.717) is 0 Å². The van der Waals surface area contributed by atoms with Crippen LogP contribution >= 0.6 is 0 Å². The molecule has 0 saturated heterocycles. The number of aromatic nitrogens is 1. The minimum absolute atomic E-state index is 0.0362. The molecular formula is C13H22N2O. The van der Waals surface area contributed by atoms with E-state index in [1.165, 1.54) is 12.8 Å². The van der Waals surface area contributed by atoms with Crippen LogP contribution in [0.5, 0.6) is 5.75 Å². The van der Waals surface area contributed by atoms with Gasteiger partial charge in [-0.2, -0.15) is 0 Å². The summed E-state index contributed by atoms with van der Waals surface area (Å²) in [5.74, 6) is 0.836. The molecule has 0 bridgehead atoms. The summed E-state index contributed by atoms with van der Waals surface area (Å²) in [7, 11) is 0. The largest absolute Gasteiger partial charge is 0.492 e. The summed E-state index contributed by atoms with van der Waals surface area (Å²) in [6, 6.07) is 3.93. The number of hydrogen-bond donors (Lipinski definition) is 1. The van der Waals surface area contributed by atoms with Gasteiger partial charge in [0.2, 0.25) is 0 Å². The van der Waals surface area contributed by atoms with E-state index in [-0.39, 0.29) is 6.04 Å². The minimum Gasteiger partial charge on any atom is -0.492 e. The van der Waals surface area contributed by atoms with E-state index >= 15 is 0 Å². The molecule has 3 nitrogen and oxygen atoms in total. The third-order valence-corrected chi connectivity index (χ3v) is 2.60. The Balaban J connectivity index is 2.39. The number of pyridine rings is 1. The zero-order valence-corrected chi connectivity index (χ0v) is 10.3. The molecule has 0 aromatic carbocycles. The van der Waals surface area contributed by atoms with Gasteiger partial charge in [0, 0.05) is 6.04 Å². The van der Waals surface area contributed by atoms with Gasteiger partial charge in [0.05, 0.1) is 18.5 Å². The van der Waals surface area contributed by atoms with E-state index < -0.39 is 0 Å². The molecule has 2 N–H and O–H groups in total. The first-order valence-electron chi connectivity index (χ1n) is 6.12. The Bertz CT molecular complexity index is 284. The fourth-order valence-electron chi connectivity index (χ4n) is 1.45. The molecule has 0 aliphatic carbocycles. The molecular weight excluding hydrogens is 200 g/mol. The van der Waals surface area contributed by atoms with Crippen LogP contribution in [-0.4, -0.2) is 11.6 Å². The molecule has 0 saturated carbocycles. The highest BCUT2D eigenvalue weighted by molar-refractivity contribution is 5.21. The fourth-order valence-corrected chi connectivity index (χ4v) is 1.45. The van der Waals surface area contributed by atoms with Gasteiger partial charge in [-0.1, -0.05) is 26.7 Å². The number of nitrogens with zero attached hydrogens (tertiary/aromatic N) is 1. The average Bonchev–Trinajstić information content (AvgIpc) is 2.34. The van der Waals surface area contributed by atoms with Gasteiger partial charge in [-0.3, -0.25) is 4.98 Å². The molecule has 1 aromatic heterocycles. The molecule has 3 heteroatoms. The molecule has 1 atom stereocenters. The lowest BCUT2D eigenvalue weighted by Gasteiger charge is -2.09. The van der Waals surface area contributed by atoms with E-state index in [1.54, 1.807) is 6.20 Å². The predicted octanol–water partition coefficient (Wildman–Crippen LogP) is 3.06. The molecule has 0 radical (unpaired) electrons. The third kappa shape index (κ3) is 4.19. The van der Waals surface area contributed by atoms with Crippen molar-refractivity contribution in [2.75, 3.05) is 6.61 Å². The Kier molecular flexibility index (Phi) is 5.86. The molecule has 1 rings (SSSR count). The molecule has 0 aliphatic heterocycles. The lowest BCUT2D eigenvalue weighted by Crippen LogP contribution is -2.10. The first-order valence-corrected chi connectivity index (χ1v) is 6.12. The molecule has 0 aliphatic rings. The number of ether oxygens (including phenoxy) is 1. The van der Waals surface area contributed by atoms with Crippen molar-refractivity contribution in [1.29, 1.82) is 0 Å². The van der Waals surface area contributed by atoms with Gasteiger partial charge in [-0.15, -0.1) is 0 Å². The molecule has 0 spiro atoms. The fraction of sp³-hybridized carbons (Fsp3) is 0.615. The van der Waals surface area contributed by atoms with Gasteiger partial charge in [-0.05, 0) is 25.0 Å². The Morgan fingerprint density at radius 1 is 1.31 bits per heavy atom. The van der Waals surface area contributed by atoms with Crippen molar-refractivity contribution in [3.8, 4) is 5.75 Å². The van der Waals surface area contributed by atoms with Gasteiger partial charge in [0.15, 0.2) is 0 Å². The summed E-state index contributed by atoms with van der Waals surface area (Å²) >= 11 is 0. The van der Waals surface area contributed by atoms with Gasteiger partial charge in [0.1, 0.15) is 5.75 Å². The van der Waals surface area contributed by atoms with E-state index in [9.17, 15) is 0 Å². The van der Waals surface area contributed by atoms with Crippen LogP contribution in [0.15, 0.2) is 18.3 Å². The molecule has 0 unspecified atom stereocenters. The zero-order valence-electron chi connectivity index (χ0n) is 10.3. The summed E-state index contributed by atoms with van der Waals surface area (Å²) in [6.45, 7) is 5.01. The predicted molar refractivity (Wildman–Crippen MR) is 66.5 cm³/mol. The molecule has 1 aromatic rings. The summed E-state index contributed by atoms with van der Waals surface area (Å²) in [5.41, 5.74) is 6.81. The highest BCUT2D eigenvalue weighted by Gasteiger charge is 2.04. The highest BCUT2D eigenvalue weighted by Crippen LogP contribution is 2.15. The lowest BCUT2D eigenvalue weighted by atomic mass is 10.1. The summed E-state index contributed by atoms with van der Waals surface area (Å²) in [6.07, 6.45) is 6.20. The van der Waals surface area contributed by atoms with Crippen LogP contribution in [0.2, 0.25) is 0 Å². The number of unbranched alkanes of at least 4 members (excludes halogenated alkanes) is 2. The maximum atomic E-state index is 5.88. The SMILES string of the molecule is CCCCCOc1ccc([C@H](N)CC)nc1. The minimum atomic E-state index is 0.0362. The second-order valence-corrected chi connectivity index (χ2v) is 3.99. The van der Waals surface area contributed by atoms with Crippen molar-refractivity contribution in [1.82, 2.24) is 4.98 Å². The monoisotopic (exact) mass is 222 g/mol. The van der Waals surface area contributed by atoms with Crippen molar-refractivity contribution >= 4 is 0 Å². The van der Waals surface area contributed by atoms with Gasteiger partial charge >= 0.3 is 0 Å². The Morgan fingerprint density at radius 2 is 2.12 bits per heavy atom. The van der Waals surface area contributed by atoms with E-state index in [2.05, 4.69) is 18.8 Å². The van der Waals surface area contributed by atoms with Crippen LogP contribution in [0, 0.1) is 0 Å². The molecule has 1 heterocycles. The van der Waals surface area contributed by atoms with Crippen LogP contribution in [0.3, 0.4) is 0 Å². The molecule has 90 valence electrons. The van der Waals surface area contributed by atoms with Crippen LogP contribution in [0.4, 0.5) is 0 Å². The number of hydrogen-bond acceptors (Lipinski definition) is 3. The number of nitrogens with two attached hydrogens (primary N) is 1. The van der Waals surface area contributed by atoms with Crippen molar-refractivity contribution in [3.05, 3.63) is 24.0 Å². The maximum absolute atomic E-state index is 5.88. The summed E-state index contributed by atoms with van der Waals surface area (Å²) < 4.78 is 5.57. The first kappa shape index (κ1) is 13.0. The highest BCUT2D eigenvalue weighted by atomic mass is 16.5. The zero-order chi connectivity index (χ0) is 11.8. The first-order chi connectivity index (χ1) is 7.77. The quantitative estimate of drug-likeness (QED) is 0.721. The van der Waals surface area contributed by atoms with Crippen molar-refractivity contribution in [2.45, 2.75) is 45.6 Å². The van der Waals surface area contributed by atoms with Crippen molar-refractivity contribution < 1.29 is 4.74 Å². The maximum Gasteiger partial charge on any atom is 0.137 e. The van der Waals surface area contributed by atoms with Crippen molar-refractivity contribution in [3.63, 3.8) is 0 Å². The summed E-state index contributed by atoms with van der Waals surface area (Å²) in [4.78, 5) is 4.30. The van der Waals surface area contributed by atoms with E-state index in [1.807, 2.05) is 12.1 Å². The van der Waals surface area contributed by atoms with Crippen LogP contribution in [-0.2, 0) is 0 Å². The Hall–Kier alpha value is -1.09. The van der Waals surface area contributed by atoms with E-state index in [4.69, 9.17) is 10.5 Å². The van der Waals surface area contributed by atoms with Crippen molar-refractivity contribution in [2.24, 2.45) is 5.73 Å². The third-order valence-electron chi connectivity index (χ3n) is 2.60. The second-order valence-electron chi connectivity index (χ2n) is 3.99. The Morgan fingerprint density at radius 3 is 2.69 bits per heavy atom. The van der Waals surface area contributed by atoms with Gasteiger partial charge in [-0.25, -0.2) is 0 Å². The van der Waals surface area contributed by atoms with Crippen LogP contribution in [0.25, 0.3) is 0 Å². The van der Waals surface area contributed by atoms with Gasteiger partial charge in [0.25, 0.3) is 0 Å². The number of rotatable bonds is 7.